The maximum atomic E-state index is 13.1. The van der Waals surface area contributed by atoms with Crippen LogP contribution in [0, 0.1) is 0 Å². The summed E-state index contributed by atoms with van der Waals surface area (Å²) in [4.78, 5) is 4.68. The van der Waals surface area contributed by atoms with Gasteiger partial charge >= 0.3 is 0 Å². The van der Waals surface area contributed by atoms with E-state index in [1.807, 2.05) is 6.07 Å². The Morgan fingerprint density at radius 1 is 1.00 bits per heavy atom. The lowest BCUT2D eigenvalue weighted by atomic mass is 10.2. The Bertz CT molecular complexity index is 1010. The molecule has 0 aromatic heterocycles. The molecule has 170 valence electrons. The first-order chi connectivity index (χ1) is 14.5. The van der Waals surface area contributed by atoms with Crippen molar-refractivity contribution < 1.29 is 17.9 Å². The number of anilines is 2. The minimum absolute atomic E-state index is 0. The average Bonchev–Trinajstić information content (AvgIpc) is 2.99. The molecule has 0 atom stereocenters. The molecule has 2 aliphatic heterocycles. The summed E-state index contributed by atoms with van der Waals surface area (Å²) in [6.07, 6.45) is 0.756. The number of fused-ring (bicyclic) bond motifs is 1. The first-order valence-corrected chi connectivity index (χ1v) is 12.0. The molecular formula is C21H27Cl2N3O4S. The number of halogens is 2. The maximum Gasteiger partial charge on any atom is 0.262 e. The zero-order valence-electron chi connectivity index (χ0n) is 17.3. The van der Waals surface area contributed by atoms with Crippen LogP contribution < -0.4 is 19.1 Å². The summed E-state index contributed by atoms with van der Waals surface area (Å²) in [6, 6.07) is 9.99. The first-order valence-electron chi connectivity index (χ1n) is 10.2. The monoisotopic (exact) mass is 487 g/mol. The fraction of sp³-hybridized carbons (Fsp3) is 0.429. The normalized spacial score (nSPS) is 16.9. The molecule has 0 spiro atoms. The van der Waals surface area contributed by atoms with Crippen LogP contribution >= 0.6 is 24.0 Å². The molecule has 10 heteroatoms. The van der Waals surface area contributed by atoms with Crippen molar-refractivity contribution in [1.29, 1.82) is 0 Å². The lowest BCUT2D eigenvalue weighted by Gasteiger charge is -2.36. The third-order valence-corrected chi connectivity index (χ3v) is 6.99. The number of piperazine rings is 1. The van der Waals surface area contributed by atoms with Crippen LogP contribution in [0.3, 0.4) is 0 Å². The van der Waals surface area contributed by atoms with Gasteiger partial charge < -0.3 is 19.3 Å². The van der Waals surface area contributed by atoms with Crippen molar-refractivity contribution in [2.75, 3.05) is 55.6 Å². The van der Waals surface area contributed by atoms with Gasteiger partial charge in [0.1, 0.15) is 0 Å². The number of sulfonamides is 1. The van der Waals surface area contributed by atoms with Crippen LogP contribution in [0.2, 0.25) is 5.02 Å². The van der Waals surface area contributed by atoms with Crippen molar-refractivity contribution in [2.24, 2.45) is 0 Å². The van der Waals surface area contributed by atoms with Gasteiger partial charge in [0.05, 0.1) is 29.5 Å². The van der Waals surface area contributed by atoms with E-state index in [0.717, 1.165) is 44.8 Å². The zero-order chi connectivity index (χ0) is 21.1. The number of hydrogen-bond acceptors (Lipinski definition) is 6. The minimum atomic E-state index is -3.83. The number of rotatable bonds is 5. The molecule has 2 aromatic carbocycles. The summed E-state index contributed by atoms with van der Waals surface area (Å²) >= 11 is 6.19. The fourth-order valence-electron chi connectivity index (χ4n) is 3.69. The number of hydrogen-bond donors (Lipinski definition) is 1. The van der Waals surface area contributed by atoms with Gasteiger partial charge in [0.25, 0.3) is 10.0 Å². The molecule has 31 heavy (non-hydrogen) atoms. The Balaban J connectivity index is 0.00000272. The van der Waals surface area contributed by atoms with Crippen LogP contribution in [0.5, 0.6) is 11.5 Å². The second-order valence-corrected chi connectivity index (χ2v) is 9.47. The van der Waals surface area contributed by atoms with E-state index in [2.05, 4.69) is 21.4 Å². The highest BCUT2D eigenvalue weighted by atomic mass is 35.5. The highest BCUT2D eigenvalue weighted by Crippen LogP contribution is 2.35. The minimum Gasteiger partial charge on any atom is -0.490 e. The van der Waals surface area contributed by atoms with Crippen molar-refractivity contribution in [3.8, 4) is 11.5 Å². The van der Waals surface area contributed by atoms with Gasteiger partial charge in [-0.3, -0.25) is 4.72 Å². The van der Waals surface area contributed by atoms with Crippen LogP contribution in [0.4, 0.5) is 11.4 Å². The highest BCUT2D eigenvalue weighted by molar-refractivity contribution is 7.92. The van der Waals surface area contributed by atoms with Crippen molar-refractivity contribution in [2.45, 2.75) is 18.2 Å². The van der Waals surface area contributed by atoms with E-state index in [1.54, 1.807) is 18.2 Å². The number of ether oxygens (including phenoxy) is 2. The standard InChI is InChI=1S/C21H26ClN3O4S.ClH/c1-2-24-8-10-25(11-9-24)19-6-4-16(22)14-18(19)23-30(26,27)17-5-7-20-21(15-17)29-13-3-12-28-20;/h4-7,14-15,23H,2-3,8-13H2,1H3;1H. The molecule has 0 aliphatic carbocycles. The molecular weight excluding hydrogens is 461 g/mol. The zero-order valence-corrected chi connectivity index (χ0v) is 19.7. The van der Waals surface area contributed by atoms with Gasteiger partial charge in [-0.15, -0.1) is 12.4 Å². The van der Waals surface area contributed by atoms with E-state index >= 15 is 0 Å². The SMILES string of the molecule is CCN1CCN(c2ccc(Cl)cc2NS(=O)(=O)c2ccc3c(c2)OCCCO3)CC1.Cl. The molecule has 0 amide bonds. The Morgan fingerprint density at radius 3 is 2.42 bits per heavy atom. The highest BCUT2D eigenvalue weighted by Gasteiger charge is 2.23. The van der Waals surface area contributed by atoms with E-state index in [9.17, 15) is 8.42 Å². The largest absolute Gasteiger partial charge is 0.490 e. The molecule has 7 nitrogen and oxygen atoms in total. The second kappa shape index (κ2) is 10.2. The maximum absolute atomic E-state index is 13.1. The number of nitrogens with zero attached hydrogens (tertiary/aromatic N) is 2. The fourth-order valence-corrected chi connectivity index (χ4v) is 4.94. The van der Waals surface area contributed by atoms with Crippen LogP contribution in [-0.4, -0.2) is 59.3 Å². The van der Waals surface area contributed by atoms with Gasteiger partial charge in [0.15, 0.2) is 11.5 Å². The van der Waals surface area contributed by atoms with Crippen LogP contribution in [0.15, 0.2) is 41.3 Å². The van der Waals surface area contributed by atoms with Gasteiger partial charge in [0, 0.05) is 43.7 Å². The molecule has 0 unspecified atom stereocenters. The van der Waals surface area contributed by atoms with Crippen LogP contribution in [-0.2, 0) is 10.0 Å². The molecule has 1 N–H and O–H groups in total. The van der Waals surface area contributed by atoms with Gasteiger partial charge in [-0.25, -0.2) is 8.42 Å². The lowest BCUT2D eigenvalue weighted by Crippen LogP contribution is -2.46. The van der Waals surface area contributed by atoms with E-state index in [-0.39, 0.29) is 17.3 Å². The Labute approximate surface area is 194 Å². The van der Waals surface area contributed by atoms with E-state index in [4.69, 9.17) is 21.1 Å². The Kier molecular flexibility index (Phi) is 7.80. The van der Waals surface area contributed by atoms with Gasteiger partial charge in [0.2, 0.25) is 0 Å². The van der Waals surface area contributed by atoms with E-state index < -0.39 is 10.0 Å². The smallest absolute Gasteiger partial charge is 0.262 e. The molecule has 0 bridgehead atoms. The van der Waals surface area contributed by atoms with Crippen LogP contribution in [0.1, 0.15) is 13.3 Å². The molecule has 0 saturated carbocycles. The summed E-state index contributed by atoms with van der Waals surface area (Å²) in [7, 11) is -3.83. The number of nitrogens with one attached hydrogen (secondary N) is 1. The first kappa shape index (κ1) is 23.8. The van der Waals surface area contributed by atoms with Gasteiger partial charge in [-0.2, -0.15) is 0 Å². The van der Waals surface area contributed by atoms with Crippen molar-refractivity contribution in [3.63, 3.8) is 0 Å². The summed E-state index contributed by atoms with van der Waals surface area (Å²) in [5, 5.41) is 0.474. The predicted octanol–water partition coefficient (Wildman–Crippen LogP) is 3.87. The Morgan fingerprint density at radius 2 is 1.71 bits per heavy atom. The van der Waals surface area contributed by atoms with E-state index in [0.29, 0.717) is 35.4 Å². The van der Waals surface area contributed by atoms with E-state index in [1.165, 1.54) is 12.1 Å². The molecule has 0 radical (unpaired) electrons. The summed E-state index contributed by atoms with van der Waals surface area (Å²) in [5.74, 6) is 1.00. The van der Waals surface area contributed by atoms with Crippen molar-refractivity contribution in [1.82, 2.24) is 4.90 Å². The molecule has 1 saturated heterocycles. The molecule has 2 aromatic rings. The third-order valence-electron chi connectivity index (χ3n) is 5.39. The lowest BCUT2D eigenvalue weighted by molar-refractivity contribution is 0.271. The van der Waals surface area contributed by atoms with Crippen molar-refractivity contribution in [3.05, 3.63) is 41.4 Å². The quantitative estimate of drug-likeness (QED) is 0.689. The average molecular weight is 488 g/mol. The molecule has 4 rings (SSSR count). The predicted molar refractivity (Wildman–Crippen MR) is 126 cm³/mol. The second-order valence-electron chi connectivity index (χ2n) is 7.35. The number of benzene rings is 2. The third kappa shape index (κ3) is 5.49. The molecule has 2 heterocycles. The summed E-state index contributed by atoms with van der Waals surface area (Å²) in [5.41, 5.74) is 1.30. The topological polar surface area (TPSA) is 71.1 Å². The molecule has 2 aliphatic rings. The Hall–Kier alpha value is -1.87. The van der Waals surface area contributed by atoms with Crippen LogP contribution in [0.25, 0.3) is 0 Å². The van der Waals surface area contributed by atoms with Gasteiger partial charge in [-0.05, 0) is 36.9 Å². The van der Waals surface area contributed by atoms with Crippen molar-refractivity contribution >= 4 is 45.4 Å². The summed E-state index contributed by atoms with van der Waals surface area (Å²) < 4.78 is 40.2. The summed E-state index contributed by atoms with van der Waals surface area (Å²) in [6.45, 7) is 7.73. The number of likely N-dealkylation sites (N-methyl/N-ethyl adjacent to an activating group) is 1. The van der Waals surface area contributed by atoms with Gasteiger partial charge in [-0.1, -0.05) is 18.5 Å². The molecule has 1 fully saturated rings.